The molecular weight excluding hydrogens is 264 g/mol. The van der Waals surface area contributed by atoms with Crippen LogP contribution in [0.25, 0.3) is 0 Å². The second-order valence-electron chi connectivity index (χ2n) is 6.87. The van der Waals surface area contributed by atoms with E-state index in [2.05, 4.69) is 10.3 Å². The molecular formula is C16H30N4O. The summed E-state index contributed by atoms with van der Waals surface area (Å²) < 4.78 is 0. The van der Waals surface area contributed by atoms with Gasteiger partial charge in [-0.2, -0.15) is 0 Å². The Morgan fingerprint density at radius 2 is 1.81 bits per heavy atom. The lowest BCUT2D eigenvalue weighted by Crippen LogP contribution is -2.44. The van der Waals surface area contributed by atoms with E-state index in [1.807, 2.05) is 14.1 Å². The van der Waals surface area contributed by atoms with Gasteiger partial charge in [-0.25, -0.2) is 0 Å². The third-order valence-corrected chi connectivity index (χ3v) is 4.93. The highest BCUT2D eigenvalue weighted by molar-refractivity contribution is 5.84. The van der Waals surface area contributed by atoms with Crippen LogP contribution < -0.4 is 11.1 Å². The maximum Gasteiger partial charge on any atom is 0.230 e. The zero-order chi connectivity index (χ0) is 15.3. The van der Waals surface area contributed by atoms with Gasteiger partial charge in [-0.3, -0.25) is 9.79 Å². The van der Waals surface area contributed by atoms with Crippen molar-refractivity contribution in [3.05, 3.63) is 0 Å². The second kappa shape index (κ2) is 7.14. The van der Waals surface area contributed by atoms with Crippen LogP contribution >= 0.6 is 0 Å². The molecule has 0 aromatic carbocycles. The van der Waals surface area contributed by atoms with E-state index in [9.17, 15) is 4.79 Å². The molecule has 2 aliphatic carbocycles. The maximum absolute atomic E-state index is 12.5. The Bertz CT molecular complexity index is 380. The summed E-state index contributed by atoms with van der Waals surface area (Å²) in [5.74, 6) is 0.717. The van der Waals surface area contributed by atoms with Crippen molar-refractivity contribution in [1.29, 1.82) is 0 Å². The van der Waals surface area contributed by atoms with Crippen LogP contribution in [0.4, 0.5) is 0 Å². The molecule has 2 fully saturated rings. The molecule has 1 amide bonds. The monoisotopic (exact) mass is 294 g/mol. The third kappa shape index (κ3) is 4.11. The van der Waals surface area contributed by atoms with Crippen LogP contribution in [0.5, 0.6) is 0 Å². The lowest BCUT2D eigenvalue weighted by Gasteiger charge is -2.29. The second-order valence-corrected chi connectivity index (χ2v) is 6.87. The van der Waals surface area contributed by atoms with Crippen molar-refractivity contribution in [3.8, 4) is 0 Å². The number of nitrogens with zero attached hydrogens (tertiary/aromatic N) is 2. The number of guanidine groups is 1. The summed E-state index contributed by atoms with van der Waals surface area (Å²) in [6, 6.07) is 0.464. The van der Waals surface area contributed by atoms with Crippen LogP contribution in [-0.2, 0) is 4.79 Å². The van der Waals surface area contributed by atoms with E-state index in [-0.39, 0.29) is 11.3 Å². The van der Waals surface area contributed by atoms with Crippen molar-refractivity contribution in [2.75, 3.05) is 20.6 Å². The normalized spacial score (nSPS) is 23.0. The molecule has 0 aromatic rings. The highest BCUT2D eigenvalue weighted by Crippen LogP contribution is 2.39. The van der Waals surface area contributed by atoms with E-state index in [1.165, 1.54) is 32.1 Å². The van der Waals surface area contributed by atoms with E-state index >= 15 is 0 Å². The van der Waals surface area contributed by atoms with Crippen LogP contribution in [0.3, 0.4) is 0 Å². The molecule has 0 spiro atoms. The van der Waals surface area contributed by atoms with Crippen molar-refractivity contribution in [2.45, 2.75) is 63.8 Å². The lowest BCUT2D eigenvalue weighted by atomic mass is 9.85. The molecule has 0 bridgehead atoms. The predicted octanol–water partition coefficient (Wildman–Crippen LogP) is 1.87. The summed E-state index contributed by atoms with van der Waals surface area (Å²) in [4.78, 5) is 18.7. The number of nitrogens with two attached hydrogens (primary N) is 1. The number of hydrogen-bond acceptors (Lipinski definition) is 2. The molecule has 21 heavy (non-hydrogen) atoms. The third-order valence-electron chi connectivity index (χ3n) is 4.93. The van der Waals surface area contributed by atoms with Gasteiger partial charge in [0.25, 0.3) is 0 Å². The van der Waals surface area contributed by atoms with E-state index in [0.29, 0.717) is 18.5 Å². The van der Waals surface area contributed by atoms with Gasteiger partial charge in [0.2, 0.25) is 5.91 Å². The summed E-state index contributed by atoms with van der Waals surface area (Å²) in [6.07, 6.45) is 10.3. The fourth-order valence-corrected chi connectivity index (χ4v) is 3.70. The van der Waals surface area contributed by atoms with Crippen molar-refractivity contribution >= 4 is 11.9 Å². The van der Waals surface area contributed by atoms with Crippen LogP contribution in [0.2, 0.25) is 0 Å². The van der Waals surface area contributed by atoms with Gasteiger partial charge in [-0.05, 0) is 25.7 Å². The van der Waals surface area contributed by atoms with Crippen molar-refractivity contribution in [1.82, 2.24) is 10.2 Å². The number of amides is 1. The van der Waals surface area contributed by atoms with Crippen LogP contribution in [0.1, 0.15) is 57.8 Å². The van der Waals surface area contributed by atoms with E-state index < -0.39 is 0 Å². The predicted molar refractivity (Wildman–Crippen MR) is 86.1 cm³/mol. The summed E-state index contributed by atoms with van der Waals surface area (Å²) in [5.41, 5.74) is 5.71. The smallest absolute Gasteiger partial charge is 0.230 e. The Hall–Kier alpha value is -1.26. The van der Waals surface area contributed by atoms with Gasteiger partial charge >= 0.3 is 0 Å². The highest BCUT2D eigenvalue weighted by atomic mass is 16.2. The van der Waals surface area contributed by atoms with E-state index in [4.69, 9.17) is 5.73 Å². The Labute approximate surface area is 128 Å². The fourth-order valence-electron chi connectivity index (χ4n) is 3.70. The van der Waals surface area contributed by atoms with Crippen molar-refractivity contribution in [2.24, 2.45) is 16.1 Å². The highest BCUT2D eigenvalue weighted by Gasteiger charge is 2.41. The standard InChI is InChI=1S/C16H30N4O/c1-20(2)14(21)16(10-6-7-11-16)12-18-15(17)19-13-8-4-3-5-9-13/h13H,3-12H2,1-2H3,(H3,17,18,19). The minimum atomic E-state index is -0.317. The van der Waals surface area contributed by atoms with Gasteiger partial charge in [0.1, 0.15) is 0 Å². The number of hydrogen-bond donors (Lipinski definition) is 2. The summed E-state index contributed by atoms with van der Waals surface area (Å²) in [5, 5.41) is 3.33. The van der Waals surface area contributed by atoms with E-state index in [1.54, 1.807) is 4.90 Å². The molecule has 2 rings (SSSR count). The Balaban J connectivity index is 1.93. The average Bonchev–Trinajstić information content (AvgIpc) is 2.95. The number of carbonyl (C=O) groups is 1. The minimum Gasteiger partial charge on any atom is -0.370 e. The number of aliphatic imine (C=N–C) groups is 1. The van der Waals surface area contributed by atoms with Gasteiger partial charge in [-0.1, -0.05) is 32.1 Å². The molecule has 3 N–H and O–H groups in total. The van der Waals surface area contributed by atoms with Crippen LogP contribution in [0, 0.1) is 5.41 Å². The molecule has 5 nitrogen and oxygen atoms in total. The molecule has 2 saturated carbocycles. The lowest BCUT2D eigenvalue weighted by molar-refractivity contribution is -0.138. The minimum absolute atomic E-state index is 0.203. The zero-order valence-electron chi connectivity index (χ0n) is 13.5. The Kier molecular flexibility index (Phi) is 5.48. The van der Waals surface area contributed by atoms with Crippen molar-refractivity contribution in [3.63, 3.8) is 0 Å². The zero-order valence-corrected chi connectivity index (χ0v) is 13.5. The average molecular weight is 294 g/mol. The van der Waals surface area contributed by atoms with Crippen molar-refractivity contribution < 1.29 is 4.79 Å². The molecule has 2 aliphatic rings. The number of carbonyl (C=O) groups excluding carboxylic acids is 1. The molecule has 0 heterocycles. The first-order chi connectivity index (χ1) is 10.0. The molecule has 0 aromatic heterocycles. The fraction of sp³-hybridized carbons (Fsp3) is 0.875. The summed E-state index contributed by atoms with van der Waals surface area (Å²) in [6.45, 7) is 0.523. The number of rotatable bonds is 4. The van der Waals surface area contributed by atoms with Gasteiger partial charge in [0, 0.05) is 20.1 Å². The van der Waals surface area contributed by atoms with Gasteiger partial charge in [0.15, 0.2) is 5.96 Å². The molecule has 120 valence electrons. The van der Waals surface area contributed by atoms with Gasteiger partial charge in [0.05, 0.1) is 12.0 Å². The Morgan fingerprint density at radius 3 is 2.38 bits per heavy atom. The summed E-state index contributed by atoms with van der Waals surface area (Å²) >= 11 is 0. The van der Waals surface area contributed by atoms with E-state index in [0.717, 1.165) is 25.7 Å². The van der Waals surface area contributed by atoms with Gasteiger partial charge < -0.3 is 16.0 Å². The molecule has 5 heteroatoms. The van der Waals surface area contributed by atoms with Crippen LogP contribution in [-0.4, -0.2) is 43.4 Å². The maximum atomic E-state index is 12.5. The molecule has 0 unspecified atom stereocenters. The number of nitrogens with one attached hydrogen (secondary N) is 1. The largest absolute Gasteiger partial charge is 0.370 e. The summed E-state index contributed by atoms with van der Waals surface area (Å²) in [7, 11) is 3.66. The first kappa shape index (κ1) is 16.1. The first-order valence-corrected chi connectivity index (χ1v) is 8.32. The Morgan fingerprint density at radius 1 is 1.19 bits per heavy atom. The SMILES string of the molecule is CN(C)C(=O)C1(CN=C(N)NC2CCCCC2)CCCC1. The van der Waals surface area contributed by atoms with Gasteiger partial charge in [-0.15, -0.1) is 0 Å². The molecule has 0 aliphatic heterocycles. The first-order valence-electron chi connectivity index (χ1n) is 8.32. The molecule has 0 saturated heterocycles. The quantitative estimate of drug-likeness (QED) is 0.614. The van der Waals surface area contributed by atoms with Crippen LogP contribution in [0.15, 0.2) is 4.99 Å². The molecule has 0 radical (unpaired) electrons. The topological polar surface area (TPSA) is 70.7 Å². The molecule has 0 atom stereocenters.